The molecule has 0 saturated heterocycles. The Kier molecular flexibility index (Phi) is 8.18. The van der Waals surface area contributed by atoms with Crippen molar-refractivity contribution in [3.8, 4) is 0 Å². The van der Waals surface area contributed by atoms with Crippen molar-refractivity contribution >= 4 is 29.0 Å². The van der Waals surface area contributed by atoms with Gasteiger partial charge in [0.15, 0.2) is 0 Å². The summed E-state index contributed by atoms with van der Waals surface area (Å²) in [6, 6.07) is 14.6. The highest BCUT2D eigenvalue weighted by molar-refractivity contribution is 6.06. The largest absolute Gasteiger partial charge is 0.466 e. The first-order chi connectivity index (χ1) is 16.7. The van der Waals surface area contributed by atoms with Gasteiger partial charge in [-0.1, -0.05) is 30.3 Å². The Balaban J connectivity index is 2.09. The molecule has 1 saturated carbocycles. The van der Waals surface area contributed by atoms with Gasteiger partial charge in [0.1, 0.15) is 5.92 Å². The number of hydrogen-bond acceptors (Lipinski definition) is 9. The molecule has 0 bridgehead atoms. The van der Waals surface area contributed by atoms with Gasteiger partial charge in [0.05, 0.1) is 41.1 Å². The van der Waals surface area contributed by atoms with Crippen molar-refractivity contribution in [3.05, 3.63) is 70.3 Å². The number of ether oxygens (including phenoxy) is 2. The first-order valence-electron chi connectivity index (χ1n) is 11.4. The van der Waals surface area contributed by atoms with Gasteiger partial charge in [0.25, 0.3) is 5.69 Å². The lowest BCUT2D eigenvalue weighted by atomic mass is 9.61. The fourth-order valence-corrected chi connectivity index (χ4v) is 4.48. The summed E-state index contributed by atoms with van der Waals surface area (Å²) in [7, 11) is 0. The third-order valence-corrected chi connectivity index (χ3v) is 5.96. The molecule has 0 aliphatic heterocycles. The Morgan fingerprint density at radius 1 is 1.09 bits per heavy atom. The second-order valence-corrected chi connectivity index (χ2v) is 8.45. The van der Waals surface area contributed by atoms with Crippen LogP contribution in [0.25, 0.3) is 0 Å². The minimum atomic E-state index is -1.58. The van der Waals surface area contributed by atoms with Gasteiger partial charge in [-0.25, -0.2) is 0 Å². The lowest BCUT2D eigenvalue weighted by Gasteiger charge is -2.45. The number of nitro benzene ring substituents is 1. The number of aliphatic hydroxyl groups is 1. The van der Waals surface area contributed by atoms with E-state index >= 15 is 0 Å². The monoisotopic (exact) mass is 483 g/mol. The number of anilines is 1. The van der Waals surface area contributed by atoms with Crippen molar-refractivity contribution in [1.82, 2.24) is 0 Å². The Morgan fingerprint density at radius 3 is 2.26 bits per heavy atom. The predicted molar refractivity (Wildman–Crippen MR) is 129 cm³/mol. The summed E-state index contributed by atoms with van der Waals surface area (Å²) in [4.78, 5) is 36.7. The Bertz CT molecular complexity index is 1080. The van der Waals surface area contributed by atoms with Gasteiger partial charge in [0.2, 0.25) is 0 Å². The molecule has 0 radical (unpaired) electrons. The molecule has 3 rings (SSSR count). The quantitative estimate of drug-likeness (QED) is 0.329. The van der Waals surface area contributed by atoms with Crippen LogP contribution >= 0.6 is 0 Å². The standard InChI is InChI=1S/C25H29N3O7/c1-4-34-23(29)21-19(27-26-17-11-13-18(14-12-17)28(32)33)15-25(3,31)22(24(30)35-5-2)20(21)16-9-7-6-8-10-16/h6-14,20-22,26,31H,4-5,15H2,1-3H3/b27-19+/t20-,21-,22+,25+/m1/s1. The van der Waals surface area contributed by atoms with Crippen LogP contribution in [0, 0.1) is 22.0 Å². The number of non-ortho nitro benzene ring substituents is 1. The van der Waals surface area contributed by atoms with Gasteiger partial charge in [0, 0.05) is 24.5 Å². The molecule has 2 N–H and O–H groups in total. The number of nitrogens with zero attached hydrogens (tertiary/aromatic N) is 2. The van der Waals surface area contributed by atoms with E-state index in [-0.39, 0.29) is 25.3 Å². The second kappa shape index (κ2) is 11.1. The maximum Gasteiger partial charge on any atom is 0.315 e. The summed E-state index contributed by atoms with van der Waals surface area (Å²) in [6.45, 7) is 5.13. The number of rotatable bonds is 8. The van der Waals surface area contributed by atoms with E-state index in [1.165, 1.54) is 31.2 Å². The Labute approximate surface area is 203 Å². The molecule has 10 nitrogen and oxygen atoms in total. The summed E-state index contributed by atoms with van der Waals surface area (Å²) in [5.41, 5.74) is 2.57. The van der Waals surface area contributed by atoms with E-state index in [2.05, 4.69) is 10.5 Å². The zero-order chi connectivity index (χ0) is 25.6. The number of nitro groups is 1. The molecule has 0 unspecified atom stereocenters. The highest BCUT2D eigenvalue weighted by atomic mass is 16.6. The molecule has 1 aliphatic rings. The summed E-state index contributed by atoms with van der Waals surface area (Å²) in [5.74, 6) is -4.00. The Morgan fingerprint density at radius 2 is 1.69 bits per heavy atom. The minimum Gasteiger partial charge on any atom is -0.466 e. The second-order valence-electron chi connectivity index (χ2n) is 8.45. The van der Waals surface area contributed by atoms with Crippen molar-refractivity contribution in [1.29, 1.82) is 0 Å². The van der Waals surface area contributed by atoms with Crippen molar-refractivity contribution in [3.63, 3.8) is 0 Å². The van der Waals surface area contributed by atoms with Crippen LogP contribution in [0.5, 0.6) is 0 Å². The van der Waals surface area contributed by atoms with Crippen LogP contribution in [0.3, 0.4) is 0 Å². The number of nitrogens with one attached hydrogen (secondary N) is 1. The van der Waals surface area contributed by atoms with Gasteiger partial charge >= 0.3 is 11.9 Å². The SMILES string of the molecule is CCOC(=O)[C@@H]1/C(=N/Nc2ccc([N+](=O)[O-])cc2)C[C@](C)(O)[C@H](C(=O)OCC)[C@@H]1c1ccccc1. The lowest BCUT2D eigenvalue weighted by Crippen LogP contribution is -2.55. The molecule has 186 valence electrons. The summed E-state index contributed by atoms with van der Waals surface area (Å²) < 4.78 is 10.6. The van der Waals surface area contributed by atoms with Crippen LogP contribution in [-0.4, -0.2) is 46.5 Å². The van der Waals surface area contributed by atoms with E-state index in [1.54, 1.807) is 38.1 Å². The molecule has 4 atom stereocenters. The maximum absolute atomic E-state index is 13.2. The molecular weight excluding hydrogens is 454 g/mol. The maximum atomic E-state index is 13.2. The van der Waals surface area contributed by atoms with Crippen LogP contribution in [0.2, 0.25) is 0 Å². The molecule has 0 aromatic heterocycles. The summed E-state index contributed by atoms with van der Waals surface area (Å²) in [6.07, 6.45) is -0.0940. The van der Waals surface area contributed by atoms with Crippen LogP contribution in [0.15, 0.2) is 59.7 Å². The predicted octanol–water partition coefficient (Wildman–Crippen LogP) is 3.66. The molecular formula is C25H29N3O7. The van der Waals surface area contributed by atoms with Crippen molar-refractivity contribution < 1.29 is 29.1 Å². The van der Waals surface area contributed by atoms with E-state index in [1.807, 2.05) is 6.07 Å². The highest BCUT2D eigenvalue weighted by Gasteiger charge is 2.56. The Hall–Kier alpha value is -3.79. The molecule has 2 aromatic rings. The van der Waals surface area contributed by atoms with Crippen LogP contribution in [0.1, 0.15) is 38.7 Å². The van der Waals surface area contributed by atoms with E-state index in [0.29, 0.717) is 17.0 Å². The van der Waals surface area contributed by atoms with Crippen molar-refractivity contribution in [2.75, 3.05) is 18.6 Å². The van der Waals surface area contributed by atoms with Gasteiger partial charge in [-0.3, -0.25) is 25.1 Å². The molecule has 10 heteroatoms. The third kappa shape index (κ3) is 5.83. The van der Waals surface area contributed by atoms with E-state index in [9.17, 15) is 24.8 Å². The summed E-state index contributed by atoms with van der Waals surface area (Å²) >= 11 is 0. The third-order valence-electron chi connectivity index (χ3n) is 5.96. The molecule has 35 heavy (non-hydrogen) atoms. The van der Waals surface area contributed by atoms with Gasteiger partial charge < -0.3 is 14.6 Å². The van der Waals surface area contributed by atoms with Crippen molar-refractivity contribution in [2.24, 2.45) is 16.9 Å². The van der Waals surface area contributed by atoms with E-state index in [0.717, 1.165) is 0 Å². The highest BCUT2D eigenvalue weighted by Crippen LogP contribution is 2.47. The number of hydrazone groups is 1. The molecule has 1 fully saturated rings. The zero-order valence-corrected chi connectivity index (χ0v) is 19.8. The fourth-order valence-electron chi connectivity index (χ4n) is 4.48. The lowest BCUT2D eigenvalue weighted by molar-refractivity contribution is -0.384. The first kappa shape index (κ1) is 25.8. The number of benzene rings is 2. The average Bonchev–Trinajstić information content (AvgIpc) is 2.82. The van der Waals surface area contributed by atoms with Crippen LogP contribution < -0.4 is 5.43 Å². The molecule has 0 heterocycles. The normalized spacial score (nSPS) is 25.0. The molecule has 0 spiro atoms. The minimum absolute atomic E-state index is 0.0744. The topological polar surface area (TPSA) is 140 Å². The van der Waals surface area contributed by atoms with Gasteiger partial charge in [-0.2, -0.15) is 5.10 Å². The summed E-state index contributed by atoms with van der Waals surface area (Å²) in [5, 5.41) is 26.7. The number of carbonyl (C=O) groups is 2. The van der Waals surface area contributed by atoms with Gasteiger partial charge in [-0.15, -0.1) is 0 Å². The first-order valence-corrected chi connectivity index (χ1v) is 11.4. The zero-order valence-electron chi connectivity index (χ0n) is 19.8. The van der Waals surface area contributed by atoms with Crippen LogP contribution in [0.4, 0.5) is 11.4 Å². The van der Waals surface area contributed by atoms with Crippen molar-refractivity contribution in [2.45, 2.75) is 38.7 Å². The molecule has 0 amide bonds. The number of carbonyl (C=O) groups excluding carboxylic acids is 2. The smallest absolute Gasteiger partial charge is 0.315 e. The molecule has 1 aliphatic carbocycles. The van der Waals surface area contributed by atoms with Crippen LogP contribution in [-0.2, 0) is 19.1 Å². The molecule has 2 aromatic carbocycles. The number of hydrogen-bond donors (Lipinski definition) is 2. The van der Waals surface area contributed by atoms with E-state index in [4.69, 9.17) is 9.47 Å². The fraction of sp³-hybridized carbons (Fsp3) is 0.400. The van der Waals surface area contributed by atoms with E-state index < -0.39 is 40.2 Å². The number of esters is 2. The average molecular weight is 484 g/mol. The van der Waals surface area contributed by atoms with Gasteiger partial charge in [-0.05, 0) is 38.5 Å².